The van der Waals surface area contributed by atoms with Crippen LogP contribution in [0, 0.1) is 0 Å². The predicted molar refractivity (Wildman–Crippen MR) is 66.0 cm³/mol. The summed E-state index contributed by atoms with van der Waals surface area (Å²) in [5, 5.41) is 0. The second-order valence-electron chi connectivity index (χ2n) is 5.82. The average Bonchev–Trinajstić information content (AvgIpc) is 2.53. The SMILES string of the molecule is CC(F)C(F)(F)C(F)(F)C(F)(F)C(F)(F)C(F)(F)C(F)(F)C(F)(F)C(F)(F)CO[SiH3]. The highest BCUT2D eigenvalue weighted by Gasteiger charge is 2.95. The van der Waals surface area contributed by atoms with Gasteiger partial charge in [0.2, 0.25) is 0 Å². The Morgan fingerprint density at radius 1 is 0.567 bits per heavy atom. The van der Waals surface area contributed by atoms with Crippen molar-refractivity contribution in [2.75, 3.05) is 6.61 Å². The molecule has 1 unspecified atom stereocenters. The predicted octanol–water partition coefficient (Wildman–Crippen LogP) is 4.72. The Bertz CT molecular complexity index is 613. The van der Waals surface area contributed by atoms with Crippen molar-refractivity contribution in [1.82, 2.24) is 0 Å². The van der Waals surface area contributed by atoms with Gasteiger partial charge in [-0.15, -0.1) is 0 Å². The molecule has 0 amide bonds. The van der Waals surface area contributed by atoms with E-state index >= 15 is 0 Å². The molecule has 0 bridgehead atoms. The van der Waals surface area contributed by atoms with Crippen molar-refractivity contribution in [1.29, 1.82) is 0 Å². The first-order chi connectivity index (χ1) is 12.8. The molecule has 0 aromatic rings. The van der Waals surface area contributed by atoms with Crippen LogP contribution in [0.25, 0.3) is 0 Å². The zero-order valence-electron chi connectivity index (χ0n) is 14.1. The van der Waals surface area contributed by atoms with Crippen LogP contribution in [0.1, 0.15) is 6.92 Å². The van der Waals surface area contributed by atoms with Gasteiger partial charge in [-0.1, -0.05) is 0 Å². The summed E-state index contributed by atoms with van der Waals surface area (Å²) in [7, 11) is -0.932. The highest BCUT2D eigenvalue weighted by molar-refractivity contribution is 5.97. The van der Waals surface area contributed by atoms with E-state index in [4.69, 9.17) is 0 Å². The first-order valence-electron chi connectivity index (χ1n) is 6.91. The third-order valence-electron chi connectivity index (χ3n) is 3.67. The van der Waals surface area contributed by atoms with Gasteiger partial charge in [0.05, 0.1) is 0 Å². The van der Waals surface area contributed by atoms with Gasteiger partial charge in [0, 0.05) is 0 Å². The molecule has 0 heterocycles. The smallest absolute Gasteiger partial charge is 0.385 e. The maximum absolute atomic E-state index is 13.4. The normalized spacial score (nSPS) is 17.4. The lowest BCUT2D eigenvalue weighted by atomic mass is 9.87. The number of hydrogen-bond donors (Lipinski definition) is 0. The Balaban J connectivity index is 6.75. The molecule has 30 heavy (non-hydrogen) atoms. The van der Waals surface area contributed by atoms with Gasteiger partial charge >= 0.3 is 47.4 Å². The molecule has 1 nitrogen and oxygen atoms in total. The van der Waals surface area contributed by atoms with Crippen LogP contribution in [0.4, 0.5) is 74.6 Å². The maximum atomic E-state index is 13.4. The van der Waals surface area contributed by atoms with Crippen molar-refractivity contribution in [3.63, 3.8) is 0 Å². The van der Waals surface area contributed by atoms with Gasteiger partial charge in [0.25, 0.3) is 0 Å². The lowest BCUT2D eigenvalue weighted by Gasteiger charge is -2.43. The average molecular weight is 508 g/mol. The van der Waals surface area contributed by atoms with Gasteiger partial charge in [0.1, 0.15) is 17.1 Å². The molecule has 0 radical (unpaired) electrons. The van der Waals surface area contributed by atoms with E-state index in [1.54, 1.807) is 0 Å². The fourth-order valence-corrected chi connectivity index (χ4v) is 2.11. The summed E-state index contributed by atoms with van der Waals surface area (Å²) in [5.74, 6) is -62.5. The van der Waals surface area contributed by atoms with Crippen LogP contribution in [-0.2, 0) is 4.43 Å². The fraction of sp³-hybridized carbons (Fsp3) is 1.00. The van der Waals surface area contributed by atoms with Crippen LogP contribution in [0.15, 0.2) is 0 Å². The minimum absolute atomic E-state index is 0.641. The topological polar surface area (TPSA) is 9.23 Å². The van der Waals surface area contributed by atoms with Crippen LogP contribution in [0.5, 0.6) is 0 Å². The van der Waals surface area contributed by atoms with Gasteiger partial charge in [-0.25, -0.2) is 4.39 Å². The van der Waals surface area contributed by atoms with Gasteiger partial charge in [-0.05, 0) is 6.92 Å². The molecule has 0 spiro atoms. The Hall–Kier alpha value is -1.01. The van der Waals surface area contributed by atoms with E-state index in [2.05, 4.69) is 4.43 Å². The Kier molecular flexibility index (Phi) is 7.29. The Morgan fingerprint density at radius 2 is 0.833 bits per heavy atom. The van der Waals surface area contributed by atoms with Crippen LogP contribution >= 0.6 is 0 Å². The van der Waals surface area contributed by atoms with Crippen molar-refractivity contribution in [3.8, 4) is 0 Å². The van der Waals surface area contributed by atoms with Crippen molar-refractivity contribution in [3.05, 3.63) is 0 Å². The van der Waals surface area contributed by atoms with E-state index in [1.165, 1.54) is 0 Å². The second kappa shape index (κ2) is 7.54. The molecule has 0 rings (SSSR count). The van der Waals surface area contributed by atoms with Crippen molar-refractivity contribution in [2.45, 2.75) is 60.5 Å². The largest absolute Gasteiger partial charge is 0.422 e. The molecule has 0 fully saturated rings. The van der Waals surface area contributed by atoms with Gasteiger partial charge in [-0.2, -0.15) is 70.2 Å². The molecular formula is C11H9F17OSi. The number of hydrogen-bond acceptors (Lipinski definition) is 1. The first-order valence-corrected chi connectivity index (χ1v) is 7.72. The number of alkyl halides is 17. The van der Waals surface area contributed by atoms with Crippen molar-refractivity contribution >= 4 is 10.5 Å². The molecule has 0 aliphatic carbocycles. The molecule has 19 heteroatoms. The summed E-state index contributed by atoms with van der Waals surface area (Å²) in [6.45, 7) is -3.45. The number of rotatable bonds is 10. The monoisotopic (exact) mass is 508 g/mol. The summed E-state index contributed by atoms with van der Waals surface area (Å²) >= 11 is 0. The van der Waals surface area contributed by atoms with Crippen LogP contribution in [-0.4, -0.2) is 70.6 Å². The van der Waals surface area contributed by atoms with E-state index in [0.29, 0.717) is 0 Å². The molecular weight excluding hydrogens is 499 g/mol. The van der Waals surface area contributed by atoms with E-state index in [9.17, 15) is 74.6 Å². The molecule has 0 aromatic carbocycles. The highest BCUT2D eigenvalue weighted by Crippen LogP contribution is 2.64. The molecule has 0 N–H and O–H groups in total. The lowest BCUT2D eigenvalue weighted by Crippen LogP contribution is -2.75. The fourth-order valence-electron chi connectivity index (χ4n) is 1.75. The molecule has 0 aliphatic heterocycles. The van der Waals surface area contributed by atoms with Crippen LogP contribution in [0.3, 0.4) is 0 Å². The van der Waals surface area contributed by atoms with E-state index in [0.717, 1.165) is 0 Å². The Morgan fingerprint density at radius 3 is 1.10 bits per heavy atom. The molecule has 0 saturated heterocycles. The van der Waals surface area contributed by atoms with Crippen LogP contribution < -0.4 is 0 Å². The molecule has 0 aromatic heterocycles. The molecule has 0 aliphatic rings. The third-order valence-corrected chi connectivity index (χ3v) is 3.96. The summed E-state index contributed by atoms with van der Waals surface area (Å²) < 4.78 is 227. The minimum Gasteiger partial charge on any atom is -0.422 e. The van der Waals surface area contributed by atoms with E-state index in [-0.39, 0.29) is 0 Å². The molecule has 0 saturated carbocycles. The van der Waals surface area contributed by atoms with Gasteiger partial charge in [-0.3, -0.25) is 0 Å². The lowest BCUT2D eigenvalue weighted by molar-refractivity contribution is -0.455. The maximum Gasteiger partial charge on any atom is 0.385 e. The summed E-state index contributed by atoms with van der Waals surface area (Å²) in [4.78, 5) is 0. The van der Waals surface area contributed by atoms with Crippen molar-refractivity contribution < 1.29 is 79.1 Å². The van der Waals surface area contributed by atoms with E-state index in [1.807, 2.05) is 0 Å². The van der Waals surface area contributed by atoms with E-state index < -0.39 is 77.6 Å². The first kappa shape index (κ1) is 29.0. The standard InChI is InChI=1S/C11H9F17OSi/c1-3(12)5(15,16)7(19,20)9(23,24)11(27,28)10(25,26)8(21,22)6(17,18)4(13,14)2-29-30/h3H,2H2,1,30H3. The zero-order valence-corrected chi connectivity index (χ0v) is 16.1. The summed E-state index contributed by atoms with van der Waals surface area (Å²) in [6, 6.07) is 0. The van der Waals surface area contributed by atoms with Crippen molar-refractivity contribution in [2.24, 2.45) is 0 Å². The molecule has 1 atom stereocenters. The van der Waals surface area contributed by atoms with Gasteiger partial charge in [0.15, 0.2) is 6.17 Å². The van der Waals surface area contributed by atoms with Gasteiger partial charge < -0.3 is 4.43 Å². The Labute approximate surface area is 158 Å². The highest BCUT2D eigenvalue weighted by atomic mass is 28.2. The second-order valence-corrected chi connectivity index (χ2v) is 6.40. The summed E-state index contributed by atoms with van der Waals surface area (Å²) in [5.41, 5.74) is 0. The number of halogens is 17. The summed E-state index contributed by atoms with van der Waals surface area (Å²) in [6.07, 6.45) is -4.47. The third kappa shape index (κ3) is 3.52. The molecule has 182 valence electrons. The quantitative estimate of drug-likeness (QED) is 0.307. The van der Waals surface area contributed by atoms with Crippen LogP contribution in [0.2, 0.25) is 0 Å². The zero-order chi connectivity index (χ0) is 25.0. The minimum atomic E-state index is -8.54.